The highest BCUT2D eigenvalue weighted by Crippen LogP contribution is 2.09. The van der Waals surface area contributed by atoms with E-state index in [0.717, 1.165) is 10.9 Å². The second kappa shape index (κ2) is 3.43. The lowest BCUT2D eigenvalue weighted by Crippen LogP contribution is -2.02. The summed E-state index contributed by atoms with van der Waals surface area (Å²) in [6.45, 7) is -2.07. The molecule has 1 aromatic heterocycles. The van der Waals surface area contributed by atoms with Gasteiger partial charge >= 0.3 is 6.55 Å². The summed E-state index contributed by atoms with van der Waals surface area (Å²) in [6.07, 6.45) is 2.95. The van der Waals surface area contributed by atoms with Gasteiger partial charge in [-0.25, -0.2) is 4.98 Å². The van der Waals surface area contributed by atoms with E-state index in [-0.39, 0.29) is 0 Å². The highest BCUT2D eigenvalue weighted by atomic mass is 19.3. The molecular weight excluding hydrogens is 152 g/mol. The Labute approximate surface area is 62.8 Å². The van der Waals surface area contributed by atoms with E-state index < -0.39 is 6.55 Å². The number of rotatable bonds is 3. The van der Waals surface area contributed by atoms with Gasteiger partial charge in [-0.2, -0.15) is 8.78 Å². The first-order valence-corrected chi connectivity index (χ1v) is 3.24. The molecule has 0 aromatic carbocycles. The van der Waals surface area contributed by atoms with Gasteiger partial charge in [0.2, 0.25) is 0 Å². The fourth-order valence-corrected chi connectivity index (χ4v) is 0.763. The van der Waals surface area contributed by atoms with Crippen LogP contribution in [-0.4, -0.2) is 16.1 Å². The smallest absolute Gasteiger partial charge is 0.319 e. The first kappa shape index (κ1) is 8.13. The first-order valence-electron chi connectivity index (χ1n) is 3.24. The zero-order valence-corrected chi connectivity index (χ0v) is 5.87. The molecule has 0 saturated carbocycles. The SMILES string of the molecule is NCCc1cn(C(F)F)cn1. The molecule has 0 aliphatic heterocycles. The maximum atomic E-state index is 11.9. The van der Waals surface area contributed by atoms with Crippen molar-refractivity contribution in [2.45, 2.75) is 13.0 Å². The summed E-state index contributed by atoms with van der Waals surface area (Å²) in [5.41, 5.74) is 5.81. The summed E-state index contributed by atoms with van der Waals surface area (Å²) in [5, 5.41) is 0. The van der Waals surface area contributed by atoms with Crippen LogP contribution in [0.15, 0.2) is 12.5 Å². The Kier molecular flexibility index (Phi) is 2.53. The van der Waals surface area contributed by atoms with Crippen LogP contribution in [0.3, 0.4) is 0 Å². The minimum absolute atomic E-state index is 0.431. The van der Waals surface area contributed by atoms with Crippen molar-refractivity contribution in [3.63, 3.8) is 0 Å². The lowest BCUT2D eigenvalue weighted by atomic mass is 10.3. The van der Waals surface area contributed by atoms with Crippen LogP contribution in [0.1, 0.15) is 12.2 Å². The number of aromatic nitrogens is 2. The molecule has 0 aliphatic rings. The van der Waals surface area contributed by atoms with Crippen LogP contribution in [0.5, 0.6) is 0 Å². The molecule has 62 valence electrons. The second-order valence-corrected chi connectivity index (χ2v) is 2.13. The van der Waals surface area contributed by atoms with Crippen molar-refractivity contribution in [1.82, 2.24) is 9.55 Å². The van der Waals surface area contributed by atoms with Crippen molar-refractivity contribution >= 4 is 0 Å². The van der Waals surface area contributed by atoms with E-state index in [1.54, 1.807) is 0 Å². The van der Waals surface area contributed by atoms with Crippen molar-refractivity contribution in [1.29, 1.82) is 0 Å². The van der Waals surface area contributed by atoms with E-state index in [0.29, 0.717) is 18.7 Å². The van der Waals surface area contributed by atoms with Gasteiger partial charge in [0, 0.05) is 12.6 Å². The lowest BCUT2D eigenvalue weighted by molar-refractivity contribution is 0.0701. The molecule has 1 aromatic rings. The van der Waals surface area contributed by atoms with E-state index in [4.69, 9.17) is 5.73 Å². The number of hydrogen-bond donors (Lipinski definition) is 1. The standard InChI is InChI=1S/C6H9F2N3/c7-6(8)11-3-5(1-2-9)10-4-11/h3-4,6H,1-2,9H2. The summed E-state index contributed by atoms with van der Waals surface area (Å²) in [4.78, 5) is 3.73. The number of nitrogens with zero attached hydrogens (tertiary/aromatic N) is 2. The predicted molar refractivity (Wildman–Crippen MR) is 36.2 cm³/mol. The minimum atomic E-state index is -2.51. The van der Waals surface area contributed by atoms with Gasteiger partial charge in [0.05, 0.1) is 12.0 Å². The van der Waals surface area contributed by atoms with Gasteiger partial charge in [-0.05, 0) is 6.54 Å². The van der Waals surface area contributed by atoms with Crippen LogP contribution in [0.2, 0.25) is 0 Å². The molecule has 0 bridgehead atoms. The first-order chi connectivity index (χ1) is 5.24. The molecule has 0 unspecified atom stereocenters. The van der Waals surface area contributed by atoms with E-state index >= 15 is 0 Å². The zero-order valence-electron chi connectivity index (χ0n) is 5.87. The molecule has 2 N–H and O–H groups in total. The molecule has 0 aliphatic carbocycles. The summed E-state index contributed by atoms with van der Waals surface area (Å²) in [5.74, 6) is 0. The van der Waals surface area contributed by atoms with Crippen LogP contribution < -0.4 is 5.73 Å². The van der Waals surface area contributed by atoms with Gasteiger partial charge < -0.3 is 5.73 Å². The highest BCUT2D eigenvalue weighted by molar-refractivity contribution is 4.97. The number of alkyl halides is 2. The van der Waals surface area contributed by atoms with Crippen molar-refractivity contribution in [2.75, 3.05) is 6.54 Å². The maximum Gasteiger partial charge on any atom is 0.319 e. The third-order valence-electron chi connectivity index (χ3n) is 1.28. The fourth-order valence-electron chi connectivity index (χ4n) is 0.763. The molecule has 0 amide bonds. The zero-order chi connectivity index (χ0) is 8.27. The number of imidazole rings is 1. The molecule has 1 rings (SSSR count). The third-order valence-corrected chi connectivity index (χ3v) is 1.28. The topological polar surface area (TPSA) is 43.8 Å². The summed E-state index contributed by atoms with van der Waals surface area (Å²) < 4.78 is 24.6. The molecule has 3 nitrogen and oxygen atoms in total. The second-order valence-electron chi connectivity index (χ2n) is 2.13. The molecule has 0 saturated heterocycles. The van der Waals surface area contributed by atoms with Crippen LogP contribution in [0, 0.1) is 0 Å². The Morgan fingerprint density at radius 3 is 2.82 bits per heavy atom. The van der Waals surface area contributed by atoms with Crippen LogP contribution in [-0.2, 0) is 6.42 Å². The van der Waals surface area contributed by atoms with E-state index in [1.165, 1.54) is 6.20 Å². The summed E-state index contributed by atoms with van der Waals surface area (Å²) in [6, 6.07) is 0. The Morgan fingerprint density at radius 1 is 1.64 bits per heavy atom. The monoisotopic (exact) mass is 161 g/mol. The average molecular weight is 161 g/mol. The van der Waals surface area contributed by atoms with Crippen LogP contribution in [0.4, 0.5) is 8.78 Å². The van der Waals surface area contributed by atoms with Gasteiger partial charge in [0.25, 0.3) is 0 Å². The summed E-state index contributed by atoms with van der Waals surface area (Å²) in [7, 11) is 0. The lowest BCUT2D eigenvalue weighted by Gasteiger charge is -1.95. The van der Waals surface area contributed by atoms with Crippen molar-refractivity contribution < 1.29 is 8.78 Å². The van der Waals surface area contributed by atoms with Gasteiger partial charge in [-0.3, -0.25) is 4.57 Å². The normalized spacial score (nSPS) is 10.9. The number of halogens is 2. The van der Waals surface area contributed by atoms with Crippen molar-refractivity contribution in [2.24, 2.45) is 5.73 Å². The molecule has 5 heteroatoms. The molecule has 11 heavy (non-hydrogen) atoms. The highest BCUT2D eigenvalue weighted by Gasteiger charge is 2.05. The Morgan fingerprint density at radius 2 is 2.36 bits per heavy atom. The third kappa shape index (κ3) is 1.98. The summed E-state index contributed by atoms with van der Waals surface area (Å²) >= 11 is 0. The molecular formula is C6H9F2N3. The van der Waals surface area contributed by atoms with Gasteiger partial charge in [0.1, 0.15) is 0 Å². The van der Waals surface area contributed by atoms with Gasteiger partial charge in [0.15, 0.2) is 0 Å². The van der Waals surface area contributed by atoms with Crippen LogP contribution >= 0.6 is 0 Å². The minimum Gasteiger partial charge on any atom is -0.330 e. The quantitative estimate of drug-likeness (QED) is 0.711. The van der Waals surface area contributed by atoms with Gasteiger partial charge in [-0.15, -0.1) is 0 Å². The maximum absolute atomic E-state index is 11.9. The molecule has 0 atom stereocenters. The average Bonchev–Trinajstić information content (AvgIpc) is 2.37. The van der Waals surface area contributed by atoms with Crippen molar-refractivity contribution in [3.8, 4) is 0 Å². The number of nitrogens with two attached hydrogens (primary N) is 1. The van der Waals surface area contributed by atoms with Gasteiger partial charge in [-0.1, -0.05) is 0 Å². The van der Waals surface area contributed by atoms with E-state index in [9.17, 15) is 8.78 Å². The Hall–Kier alpha value is -0.970. The Bertz CT molecular complexity index is 221. The van der Waals surface area contributed by atoms with Crippen molar-refractivity contribution in [3.05, 3.63) is 18.2 Å². The fraction of sp³-hybridized carbons (Fsp3) is 0.500. The molecule has 0 fully saturated rings. The largest absolute Gasteiger partial charge is 0.330 e. The molecule has 0 radical (unpaired) electrons. The Balaban J connectivity index is 2.66. The van der Waals surface area contributed by atoms with E-state index in [1.807, 2.05) is 0 Å². The van der Waals surface area contributed by atoms with Crippen LogP contribution in [0.25, 0.3) is 0 Å². The molecule has 0 spiro atoms. The predicted octanol–water partition coefficient (Wildman–Crippen LogP) is 0.779. The molecule has 1 heterocycles. The number of hydrogen-bond acceptors (Lipinski definition) is 2. The van der Waals surface area contributed by atoms with E-state index in [2.05, 4.69) is 4.98 Å².